The lowest BCUT2D eigenvalue weighted by Gasteiger charge is -2.27. The van der Waals surface area contributed by atoms with Crippen LogP contribution in [0.2, 0.25) is 0 Å². The number of hydrogen-bond donors (Lipinski definition) is 0. The average Bonchev–Trinajstić information content (AvgIpc) is 3.12. The molecule has 0 fully saturated rings. The van der Waals surface area contributed by atoms with Gasteiger partial charge < -0.3 is 4.90 Å². The smallest absolute Gasteiger partial charge is 0.0540 e. The van der Waals surface area contributed by atoms with E-state index in [-0.39, 0.29) is 0 Å². The molecule has 0 saturated heterocycles. The van der Waals surface area contributed by atoms with Gasteiger partial charge in [0.15, 0.2) is 0 Å². The summed E-state index contributed by atoms with van der Waals surface area (Å²) in [4.78, 5) is 2.37. The summed E-state index contributed by atoms with van der Waals surface area (Å²) in [6.07, 6.45) is 4.47. The van der Waals surface area contributed by atoms with Crippen molar-refractivity contribution >= 4 is 61.5 Å². The van der Waals surface area contributed by atoms with Crippen molar-refractivity contribution < 1.29 is 0 Å². The molecule has 0 bridgehead atoms. The Balaban J connectivity index is 1.20. The number of rotatable bonds is 6. The zero-order valence-electron chi connectivity index (χ0n) is 24.8. The number of hydrogen-bond acceptors (Lipinski definition) is 1. The van der Waals surface area contributed by atoms with E-state index < -0.39 is 0 Å². The zero-order chi connectivity index (χ0) is 30.0. The van der Waals surface area contributed by atoms with Gasteiger partial charge in [0.05, 0.1) is 5.69 Å². The Morgan fingerprint density at radius 1 is 0.356 bits per heavy atom. The van der Waals surface area contributed by atoms with Gasteiger partial charge in [0.2, 0.25) is 0 Å². The van der Waals surface area contributed by atoms with Gasteiger partial charge in [0.1, 0.15) is 0 Å². The van der Waals surface area contributed by atoms with Gasteiger partial charge >= 0.3 is 0 Å². The fraction of sp³-hybridized carbons (Fsp3) is 0. The SMILES string of the molecule is C(=Cc1cc2ccccc2c2ccccc12)c1ccc(N(c2cccc(-c3ccccc3)c2)c2cccc3ccccc23)cc1. The fourth-order valence-electron chi connectivity index (χ4n) is 6.43. The van der Waals surface area contributed by atoms with Gasteiger partial charge in [-0.1, -0.05) is 152 Å². The standard InChI is InChI=1S/C44H31N/c1-2-12-33(13-3-1)35-17-10-18-39(31-35)45(44-23-11-16-34-14-4-7-21-42(34)44)38-28-25-32(26-29-38)24-27-37-30-36-15-5-6-19-40(36)43-22-9-8-20-41(37)43/h1-31H. The van der Waals surface area contributed by atoms with Crippen molar-refractivity contribution in [1.29, 1.82) is 0 Å². The first-order valence-electron chi connectivity index (χ1n) is 15.4. The van der Waals surface area contributed by atoms with Crippen molar-refractivity contribution in [1.82, 2.24) is 0 Å². The molecule has 0 atom stereocenters. The number of benzene rings is 8. The molecule has 8 rings (SSSR count). The molecule has 0 aliphatic rings. The lowest BCUT2D eigenvalue weighted by Crippen LogP contribution is -2.10. The van der Waals surface area contributed by atoms with Crippen LogP contribution in [0.1, 0.15) is 11.1 Å². The molecule has 0 heterocycles. The quantitative estimate of drug-likeness (QED) is 0.141. The highest BCUT2D eigenvalue weighted by Gasteiger charge is 2.16. The van der Waals surface area contributed by atoms with Gasteiger partial charge in [-0.3, -0.25) is 0 Å². The fourth-order valence-corrected chi connectivity index (χ4v) is 6.43. The van der Waals surface area contributed by atoms with Crippen molar-refractivity contribution in [3.63, 3.8) is 0 Å². The van der Waals surface area contributed by atoms with Crippen molar-refractivity contribution in [2.75, 3.05) is 4.90 Å². The van der Waals surface area contributed by atoms with Gasteiger partial charge in [-0.2, -0.15) is 0 Å². The molecule has 0 aliphatic heterocycles. The third-order valence-corrected chi connectivity index (χ3v) is 8.63. The predicted octanol–water partition coefficient (Wildman–Crippen LogP) is 12.5. The minimum atomic E-state index is 1.12. The van der Waals surface area contributed by atoms with Crippen LogP contribution in [0.5, 0.6) is 0 Å². The molecule has 212 valence electrons. The summed E-state index contributed by atoms with van der Waals surface area (Å²) >= 11 is 0. The summed E-state index contributed by atoms with van der Waals surface area (Å²) in [5.41, 5.74) is 8.18. The van der Waals surface area contributed by atoms with Crippen LogP contribution in [0.25, 0.3) is 55.6 Å². The second-order valence-electron chi connectivity index (χ2n) is 11.4. The van der Waals surface area contributed by atoms with Crippen LogP contribution in [0.15, 0.2) is 176 Å². The third kappa shape index (κ3) is 5.15. The van der Waals surface area contributed by atoms with Gasteiger partial charge in [0, 0.05) is 16.8 Å². The number of fused-ring (bicyclic) bond motifs is 4. The summed E-state index contributed by atoms with van der Waals surface area (Å²) < 4.78 is 0. The average molecular weight is 574 g/mol. The molecule has 45 heavy (non-hydrogen) atoms. The van der Waals surface area contributed by atoms with E-state index in [1.54, 1.807) is 0 Å². The predicted molar refractivity (Wildman–Crippen MR) is 194 cm³/mol. The molecule has 8 aromatic rings. The first-order valence-corrected chi connectivity index (χ1v) is 15.4. The zero-order valence-corrected chi connectivity index (χ0v) is 24.8. The Bertz CT molecular complexity index is 2310. The first kappa shape index (κ1) is 26.7. The van der Waals surface area contributed by atoms with E-state index in [0.717, 1.165) is 22.6 Å². The topological polar surface area (TPSA) is 3.24 Å². The second kappa shape index (κ2) is 11.6. The Kier molecular flexibility index (Phi) is 6.90. The van der Waals surface area contributed by atoms with E-state index in [4.69, 9.17) is 0 Å². The maximum absolute atomic E-state index is 2.37. The van der Waals surface area contributed by atoms with E-state index in [0.29, 0.717) is 0 Å². The second-order valence-corrected chi connectivity index (χ2v) is 11.4. The lowest BCUT2D eigenvalue weighted by molar-refractivity contribution is 1.30. The molecule has 0 amide bonds. The van der Waals surface area contributed by atoms with E-state index >= 15 is 0 Å². The van der Waals surface area contributed by atoms with E-state index in [2.05, 4.69) is 193 Å². The lowest BCUT2D eigenvalue weighted by atomic mass is 9.96. The Morgan fingerprint density at radius 3 is 1.80 bits per heavy atom. The Morgan fingerprint density at radius 2 is 0.978 bits per heavy atom. The maximum atomic E-state index is 2.37. The molecule has 0 aromatic heterocycles. The number of nitrogens with zero attached hydrogens (tertiary/aromatic N) is 1. The first-order chi connectivity index (χ1) is 22.3. The van der Waals surface area contributed by atoms with Crippen LogP contribution >= 0.6 is 0 Å². The summed E-state index contributed by atoms with van der Waals surface area (Å²) in [6.45, 7) is 0. The summed E-state index contributed by atoms with van der Waals surface area (Å²) in [5.74, 6) is 0. The van der Waals surface area contributed by atoms with Crippen molar-refractivity contribution in [3.8, 4) is 11.1 Å². The maximum Gasteiger partial charge on any atom is 0.0540 e. The molecular weight excluding hydrogens is 542 g/mol. The minimum absolute atomic E-state index is 1.12. The Hall–Kier alpha value is -5.92. The highest BCUT2D eigenvalue weighted by molar-refractivity contribution is 6.11. The molecule has 0 N–H and O–H groups in total. The molecule has 1 heteroatoms. The molecule has 0 aliphatic carbocycles. The molecule has 0 unspecified atom stereocenters. The molecule has 0 saturated carbocycles. The highest BCUT2D eigenvalue weighted by Crippen LogP contribution is 2.40. The van der Waals surface area contributed by atoms with Crippen LogP contribution in [-0.2, 0) is 0 Å². The van der Waals surface area contributed by atoms with Crippen molar-refractivity contribution in [2.45, 2.75) is 0 Å². The van der Waals surface area contributed by atoms with Crippen LogP contribution < -0.4 is 4.90 Å². The molecule has 8 aromatic carbocycles. The largest absolute Gasteiger partial charge is 0.310 e. The minimum Gasteiger partial charge on any atom is -0.310 e. The third-order valence-electron chi connectivity index (χ3n) is 8.63. The van der Waals surface area contributed by atoms with Gasteiger partial charge in [-0.25, -0.2) is 0 Å². The van der Waals surface area contributed by atoms with E-state index in [1.165, 1.54) is 49.0 Å². The summed E-state index contributed by atoms with van der Waals surface area (Å²) in [7, 11) is 0. The van der Waals surface area contributed by atoms with Gasteiger partial charge in [0.25, 0.3) is 0 Å². The molecule has 1 nitrogen and oxygen atoms in total. The number of anilines is 3. The molecule has 0 radical (unpaired) electrons. The van der Waals surface area contributed by atoms with Crippen molar-refractivity contribution in [3.05, 3.63) is 187 Å². The van der Waals surface area contributed by atoms with E-state index in [1.807, 2.05) is 0 Å². The normalized spacial score (nSPS) is 11.5. The van der Waals surface area contributed by atoms with Gasteiger partial charge in [-0.05, 0) is 85.6 Å². The van der Waals surface area contributed by atoms with Crippen LogP contribution in [-0.4, -0.2) is 0 Å². The molecular formula is C44H31N. The monoisotopic (exact) mass is 573 g/mol. The van der Waals surface area contributed by atoms with Crippen LogP contribution in [0, 0.1) is 0 Å². The van der Waals surface area contributed by atoms with Crippen LogP contribution in [0.4, 0.5) is 17.1 Å². The Labute approximate surface area is 264 Å². The van der Waals surface area contributed by atoms with Crippen LogP contribution in [0.3, 0.4) is 0 Å². The van der Waals surface area contributed by atoms with Crippen molar-refractivity contribution in [2.24, 2.45) is 0 Å². The molecule has 0 spiro atoms. The van der Waals surface area contributed by atoms with Gasteiger partial charge in [-0.15, -0.1) is 0 Å². The van der Waals surface area contributed by atoms with E-state index in [9.17, 15) is 0 Å². The summed E-state index contributed by atoms with van der Waals surface area (Å²) in [5, 5.41) is 7.55. The highest BCUT2D eigenvalue weighted by atomic mass is 15.1. The summed E-state index contributed by atoms with van der Waals surface area (Å²) in [6, 6.07) is 63.1.